The summed E-state index contributed by atoms with van der Waals surface area (Å²) in [5.74, 6) is 0.640. The van der Waals surface area contributed by atoms with Crippen LogP contribution in [0.4, 0.5) is 4.39 Å². The number of halogens is 2. The van der Waals surface area contributed by atoms with Crippen LogP contribution in [-0.2, 0) is 6.54 Å². The number of hydrogen-bond donors (Lipinski definition) is 0. The third-order valence-electron chi connectivity index (χ3n) is 7.73. The van der Waals surface area contributed by atoms with Gasteiger partial charge in [-0.3, -0.25) is 0 Å². The van der Waals surface area contributed by atoms with E-state index in [2.05, 4.69) is 34.5 Å². The molecule has 0 amide bonds. The van der Waals surface area contributed by atoms with Crippen molar-refractivity contribution in [1.82, 2.24) is 7.69 Å². The van der Waals surface area contributed by atoms with Crippen molar-refractivity contribution in [2.24, 2.45) is 0 Å². The second-order valence-electron chi connectivity index (χ2n) is 10.5. The summed E-state index contributed by atoms with van der Waals surface area (Å²) < 4.78 is 27.5. The van der Waals surface area contributed by atoms with E-state index in [9.17, 15) is 4.39 Å². The average molecular weight is 633 g/mol. The van der Waals surface area contributed by atoms with Crippen LogP contribution in [0.15, 0.2) is 42.6 Å². The van der Waals surface area contributed by atoms with Crippen molar-refractivity contribution in [2.45, 2.75) is 93.5 Å². The van der Waals surface area contributed by atoms with Crippen LogP contribution in [0.3, 0.4) is 0 Å². The average Bonchev–Trinajstić information content (AvgIpc) is 3.18. The van der Waals surface area contributed by atoms with Crippen molar-refractivity contribution in [3.05, 3.63) is 59.0 Å². The van der Waals surface area contributed by atoms with Gasteiger partial charge in [-0.05, 0) is 0 Å². The van der Waals surface area contributed by atoms with Gasteiger partial charge >= 0.3 is 236 Å². The van der Waals surface area contributed by atoms with E-state index in [1.807, 2.05) is 24.4 Å². The fourth-order valence-electron chi connectivity index (χ4n) is 5.73. The maximum absolute atomic E-state index is 13.8. The number of benzene rings is 2. The molecule has 0 bridgehead atoms. The van der Waals surface area contributed by atoms with Crippen molar-refractivity contribution in [1.29, 1.82) is 0 Å². The van der Waals surface area contributed by atoms with Crippen LogP contribution in [0.25, 0.3) is 16.6 Å². The molecule has 201 valence electrons. The van der Waals surface area contributed by atoms with E-state index in [1.165, 1.54) is 73.9 Å². The number of hydrogen-bond acceptors (Lipinski definition) is 2. The minimum absolute atomic E-state index is 0.212. The molecule has 6 heteroatoms. The number of nitrogens with zero attached hydrogens (tertiary/aromatic N) is 2. The van der Waals surface area contributed by atoms with Gasteiger partial charge in [-0.15, -0.1) is 0 Å². The first-order chi connectivity index (χ1) is 18.0. The summed E-state index contributed by atoms with van der Waals surface area (Å²) in [6, 6.07) is 11.2. The van der Waals surface area contributed by atoms with Gasteiger partial charge in [0.25, 0.3) is 0 Å². The Morgan fingerprint density at radius 2 is 1.73 bits per heavy atom. The Labute approximate surface area is 235 Å². The van der Waals surface area contributed by atoms with Crippen LogP contribution in [0.1, 0.15) is 84.1 Å². The molecule has 1 aliphatic heterocycles. The molecule has 0 fully saturated rings. The molecular formula is C31H43ClFN2OSn. The van der Waals surface area contributed by atoms with Crippen molar-refractivity contribution in [3.8, 4) is 11.4 Å². The van der Waals surface area contributed by atoms with E-state index in [0.29, 0.717) is 11.6 Å². The summed E-state index contributed by atoms with van der Waals surface area (Å²) in [5, 5.41) is 1.56. The standard InChI is InChI=1S/C17H13ClFN2O.C9H19.C5H11.Sn/c18-15-9-14(8-12-10-20-4-6-22-17(12)15)21-5-3-11-7-13(19)1-2-16(11)21;1-3-5-7-9-8-6-4-2;1-3-5-4-2;/h1-3,5,7-9H,4,6,10H2;9H,3-8H2,1-2H3;1,3-5H2,2H3;/q-1;;;+1. The zero-order chi connectivity index (χ0) is 26.2. The summed E-state index contributed by atoms with van der Waals surface area (Å²) in [7, 11) is 0. The number of rotatable bonds is 13. The SMILES string of the molecule is CCCC[CH2][Sn]([CH](CCCC)CCCC)[N]1CCOc2c(Cl)cc(-n3ccc4cc(F)ccc43)cc2C1. The van der Waals surface area contributed by atoms with E-state index in [0.717, 1.165) is 39.4 Å². The van der Waals surface area contributed by atoms with Gasteiger partial charge in [-0.2, -0.15) is 0 Å². The summed E-state index contributed by atoms with van der Waals surface area (Å²) in [6.07, 6.45) is 14.1. The van der Waals surface area contributed by atoms with E-state index < -0.39 is 20.0 Å². The molecule has 3 nitrogen and oxygen atoms in total. The van der Waals surface area contributed by atoms with Gasteiger partial charge in [0.2, 0.25) is 0 Å². The first-order valence-electron chi connectivity index (χ1n) is 14.4. The van der Waals surface area contributed by atoms with Gasteiger partial charge in [0.15, 0.2) is 0 Å². The Morgan fingerprint density at radius 1 is 0.973 bits per heavy atom. The monoisotopic (exact) mass is 633 g/mol. The molecule has 0 spiro atoms. The molecule has 1 aliphatic rings. The van der Waals surface area contributed by atoms with Crippen molar-refractivity contribution >= 4 is 42.5 Å². The van der Waals surface area contributed by atoms with Crippen molar-refractivity contribution in [2.75, 3.05) is 13.2 Å². The molecule has 1 radical (unpaired) electrons. The first-order valence-corrected chi connectivity index (χ1v) is 19.7. The topological polar surface area (TPSA) is 17.4 Å². The molecule has 0 N–H and O–H groups in total. The number of fused-ring (bicyclic) bond motifs is 2. The van der Waals surface area contributed by atoms with E-state index in [4.69, 9.17) is 16.3 Å². The number of aromatic nitrogens is 1. The molecule has 4 rings (SSSR count). The van der Waals surface area contributed by atoms with Gasteiger partial charge in [-0.1, -0.05) is 0 Å². The van der Waals surface area contributed by atoms with Gasteiger partial charge in [-0.25, -0.2) is 0 Å². The number of unbranched alkanes of at least 4 members (excludes halogenated alkanes) is 4. The number of ether oxygens (including phenoxy) is 1. The molecule has 0 saturated carbocycles. The van der Waals surface area contributed by atoms with Crippen LogP contribution in [0.2, 0.25) is 13.4 Å². The summed E-state index contributed by atoms with van der Waals surface area (Å²) in [4.78, 5) is 0. The van der Waals surface area contributed by atoms with Crippen LogP contribution >= 0.6 is 11.6 Å². The maximum atomic E-state index is 13.8. The van der Waals surface area contributed by atoms with Crippen LogP contribution in [0, 0.1) is 5.82 Å². The van der Waals surface area contributed by atoms with Gasteiger partial charge in [0, 0.05) is 0 Å². The normalized spacial score (nSPS) is 14.4. The molecule has 2 heterocycles. The third-order valence-corrected chi connectivity index (χ3v) is 18.2. The Kier molecular flexibility index (Phi) is 11.1. The van der Waals surface area contributed by atoms with Crippen molar-refractivity contribution in [3.63, 3.8) is 0 Å². The fraction of sp³-hybridized carbons (Fsp3) is 0.548. The second kappa shape index (κ2) is 14.2. The second-order valence-corrected chi connectivity index (χ2v) is 19.3. The molecule has 0 unspecified atom stereocenters. The zero-order valence-corrected chi connectivity index (χ0v) is 26.5. The molecule has 1 aromatic heterocycles. The zero-order valence-electron chi connectivity index (χ0n) is 22.9. The third kappa shape index (κ3) is 7.24. The van der Waals surface area contributed by atoms with Crippen LogP contribution in [0.5, 0.6) is 5.75 Å². The van der Waals surface area contributed by atoms with Crippen molar-refractivity contribution < 1.29 is 9.13 Å². The summed E-state index contributed by atoms with van der Waals surface area (Å²) in [5.41, 5.74) is 3.20. The van der Waals surface area contributed by atoms with Gasteiger partial charge in [0.1, 0.15) is 0 Å². The molecular weight excluding hydrogens is 590 g/mol. The predicted molar refractivity (Wildman–Crippen MR) is 157 cm³/mol. The molecule has 0 atom stereocenters. The quantitative estimate of drug-likeness (QED) is 0.138. The Balaban J connectivity index is 1.66. The first kappa shape index (κ1) is 28.8. The van der Waals surface area contributed by atoms with E-state index in [-0.39, 0.29) is 5.82 Å². The van der Waals surface area contributed by atoms with Gasteiger partial charge < -0.3 is 0 Å². The molecule has 0 aliphatic carbocycles. The van der Waals surface area contributed by atoms with Gasteiger partial charge in [0.05, 0.1) is 0 Å². The summed E-state index contributed by atoms with van der Waals surface area (Å²) in [6.45, 7) is 9.64. The Morgan fingerprint density at radius 3 is 2.46 bits per heavy atom. The Bertz CT molecular complexity index is 1140. The Hall–Kier alpha value is -1.24. The molecule has 37 heavy (non-hydrogen) atoms. The fourth-order valence-corrected chi connectivity index (χ4v) is 16.5. The van der Waals surface area contributed by atoms with E-state index >= 15 is 0 Å². The molecule has 3 aromatic rings. The molecule has 0 saturated heterocycles. The summed E-state index contributed by atoms with van der Waals surface area (Å²) >= 11 is 4.92. The van der Waals surface area contributed by atoms with Crippen LogP contribution in [-0.4, -0.2) is 40.9 Å². The predicted octanol–water partition coefficient (Wildman–Crippen LogP) is 9.55. The minimum atomic E-state index is -1.92. The molecule has 2 aromatic carbocycles. The van der Waals surface area contributed by atoms with Crippen LogP contribution < -0.4 is 4.74 Å². The van der Waals surface area contributed by atoms with E-state index in [1.54, 1.807) is 6.07 Å².